The fraction of sp³-hybridized carbons (Fsp3) is 0.133. The van der Waals surface area contributed by atoms with Crippen LogP contribution in [-0.2, 0) is 11.1 Å². The summed E-state index contributed by atoms with van der Waals surface area (Å²) in [6.45, 7) is 2.05. The van der Waals surface area contributed by atoms with Gasteiger partial charge in [0.25, 0.3) is 5.91 Å². The first kappa shape index (κ1) is 13.5. The highest BCUT2D eigenvalue weighted by atomic mass is 32.2. The van der Waals surface area contributed by atoms with Crippen LogP contribution in [0.1, 0.15) is 17.3 Å². The average molecular weight is 273 g/mol. The van der Waals surface area contributed by atoms with Crippen molar-refractivity contribution in [3.63, 3.8) is 0 Å². The Balaban J connectivity index is 2.14. The van der Waals surface area contributed by atoms with Crippen LogP contribution in [0.25, 0.3) is 0 Å². The standard InChI is InChI=1S/C15H16N2OS/c1-2-19(14-10-6-9-13(16)11-14)17-15(18)12-7-4-3-5-8-12/h3-11H,2,16H2,1H3/p+1. The number of amides is 1. The number of carbonyl (C=O) groups excluding carboxylic acids is 1. The Labute approximate surface area is 116 Å². The van der Waals surface area contributed by atoms with Gasteiger partial charge in [0.2, 0.25) is 0 Å². The lowest BCUT2D eigenvalue weighted by Crippen LogP contribution is -2.32. The van der Waals surface area contributed by atoms with E-state index >= 15 is 0 Å². The van der Waals surface area contributed by atoms with Crippen LogP contribution in [0.5, 0.6) is 0 Å². The van der Waals surface area contributed by atoms with Crippen molar-refractivity contribution in [1.82, 2.24) is 4.72 Å². The maximum absolute atomic E-state index is 12.1. The first-order valence-corrected chi connectivity index (χ1v) is 7.52. The Bertz CT molecular complexity index is 557. The molecule has 0 spiro atoms. The van der Waals surface area contributed by atoms with Crippen LogP contribution in [0.3, 0.4) is 0 Å². The molecule has 19 heavy (non-hydrogen) atoms. The van der Waals surface area contributed by atoms with Crippen molar-refractivity contribution >= 4 is 22.7 Å². The minimum Gasteiger partial charge on any atom is -0.399 e. The van der Waals surface area contributed by atoms with Gasteiger partial charge in [-0.25, -0.2) is 0 Å². The smallest absolute Gasteiger partial charge is 0.292 e. The van der Waals surface area contributed by atoms with Gasteiger partial charge in [-0.2, -0.15) is 4.72 Å². The number of benzene rings is 2. The zero-order valence-corrected chi connectivity index (χ0v) is 11.6. The monoisotopic (exact) mass is 273 g/mol. The Morgan fingerprint density at radius 2 is 1.89 bits per heavy atom. The number of carbonyl (C=O) groups is 1. The van der Waals surface area contributed by atoms with Gasteiger partial charge in [0.05, 0.1) is 0 Å². The summed E-state index contributed by atoms with van der Waals surface area (Å²) in [5.41, 5.74) is 7.18. The largest absolute Gasteiger partial charge is 0.399 e. The molecule has 1 atom stereocenters. The number of anilines is 1. The molecule has 4 heteroatoms. The molecule has 0 saturated heterocycles. The van der Waals surface area contributed by atoms with Gasteiger partial charge in [0.1, 0.15) is 16.8 Å². The normalized spacial score (nSPS) is 11.8. The third-order valence-corrected chi connectivity index (χ3v) is 4.52. The highest BCUT2D eigenvalue weighted by molar-refractivity contribution is 7.95. The van der Waals surface area contributed by atoms with Gasteiger partial charge < -0.3 is 5.73 Å². The first-order chi connectivity index (χ1) is 9.20. The van der Waals surface area contributed by atoms with Gasteiger partial charge in [-0.15, -0.1) is 0 Å². The van der Waals surface area contributed by atoms with Crippen molar-refractivity contribution in [1.29, 1.82) is 0 Å². The SMILES string of the molecule is CC[S+](NC(=O)c1ccccc1)c1cccc(N)c1. The molecule has 3 nitrogen and oxygen atoms in total. The molecular weight excluding hydrogens is 256 g/mol. The van der Waals surface area contributed by atoms with Crippen LogP contribution in [0.15, 0.2) is 59.5 Å². The second-order valence-electron chi connectivity index (χ2n) is 4.05. The number of nitrogen functional groups attached to an aromatic ring is 1. The topological polar surface area (TPSA) is 55.1 Å². The molecule has 2 aromatic carbocycles. The molecule has 98 valence electrons. The van der Waals surface area contributed by atoms with Gasteiger partial charge in [-0.1, -0.05) is 24.3 Å². The number of nitrogens with two attached hydrogens (primary N) is 1. The van der Waals surface area contributed by atoms with E-state index in [1.54, 1.807) is 0 Å². The molecular formula is C15H17N2OS+. The Morgan fingerprint density at radius 3 is 2.53 bits per heavy atom. The highest BCUT2D eigenvalue weighted by Gasteiger charge is 2.23. The Kier molecular flexibility index (Phi) is 4.47. The van der Waals surface area contributed by atoms with Crippen molar-refractivity contribution in [2.75, 3.05) is 11.5 Å². The maximum Gasteiger partial charge on any atom is 0.292 e. The average Bonchev–Trinajstić information content (AvgIpc) is 2.45. The van der Waals surface area contributed by atoms with Crippen molar-refractivity contribution in [3.8, 4) is 0 Å². The van der Waals surface area contributed by atoms with E-state index in [9.17, 15) is 4.79 Å². The van der Waals surface area contributed by atoms with Gasteiger partial charge in [-0.3, -0.25) is 4.79 Å². The fourth-order valence-corrected chi connectivity index (χ4v) is 3.18. The van der Waals surface area contributed by atoms with E-state index in [-0.39, 0.29) is 17.0 Å². The van der Waals surface area contributed by atoms with Crippen molar-refractivity contribution in [2.24, 2.45) is 0 Å². The summed E-state index contributed by atoms with van der Waals surface area (Å²) in [4.78, 5) is 13.2. The molecule has 2 aromatic rings. The first-order valence-electron chi connectivity index (χ1n) is 6.13. The predicted octanol–water partition coefficient (Wildman–Crippen LogP) is 2.61. The lowest BCUT2D eigenvalue weighted by Gasteiger charge is -2.07. The van der Waals surface area contributed by atoms with E-state index in [2.05, 4.69) is 11.6 Å². The lowest BCUT2D eigenvalue weighted by atomic mass is 10.2. The summed E-state index contributed by atoms with van der Waals surface area (Å²) in [6.07, 6.45) is 0. The molecule has 0 heterocycles. The lowest BCUT2D eigenvalue weighted by molar-refractivity contribution is 0.0983. The summed E-state index contributed by atoms with van der Waals surface area (Å²) < 4.78 is 3.06. The number of hydrogen-bond donors (Lipinski definition) is 2. The van der Waals surface area contributed by atoms with E-state index in [0.717, 1.165) is 16.3 Å². The van der Waals surface area contributed by atoms with Crippen LogP contribution in [0.4, 0.5) is 5.69 Å². The predicted molar refractivity (Wildman–Crippen MR) is 80.9 cm³/mol. The van der Waals surface area contributed by atoms with Gasteiger partial charge in [0, 0.05) is 17.3 Å². The van der Waals surface area contributed by atoms with Crippen molar-refractivity contribution in [3.05, 3.63) is 60.2 Å². The summed E-state index contributed by atoms with van der Waals surface area (Å²) in [7, 11) is 0. The molecule has 0 aliphatic rings. The summed E-state index contributed by atoms with van der Waals surface area (Å²) in [5.74, 6) is 0.801. The maximum atomic E-state index is 12.1. The van der Waals surface area contributed by atoms with E-state index in [4.69, 9.17) is 5.73 Å². The summed E-state index contributed by atoms with van der Waals surface area (Å²) >= 11 is -0.315. The van der Waals surface area contributed by atoms with Crippen LogP contribution >= 0.6 is 0 Å². The van der Waals surface area contributed by atoms with E-state index < -0.39 is 0 Å². The summed E-state index contributed by atoms with van der Waals surface area (Å²) in [5, 5.41) is 0. The zero-order valence-electron chi connectivity index (χ0n) is 10.8. The molecule has 0 aliphatic heterocycles. The minimum atomic E-state index is -0.315. The molecule has 3 N–H and O–H groups in total. The molecule has 0 saturated carbocycles. The molecule has 1 amide bonds. The Morgan fingerprint density at radius 1 is 1.16 bits per heavy atom. The van der Waals surface area contributed by atoms with Crippen LogP contribution in [0, 0.1) is 0 Å². The second kappa shape index (κ2) is 6.29. The van der Waals surface area contributed by atoms with Gasteiger partial charge in [0.15, 0.2) is 4.90 Å². The Hall–Kier alpha value is -1.94. The molecule has 0 radical (unpaired) electrons. The molecule has 2 rings (SSSR count). The van der Waals surface area contributed by atoms with E-state index in [1.165, 1.54) is 0 Å². The van der Waals surface area contributed by atoms with E-state index in [1.807, 2.05) is 54.6 Å². The molecule has 0 aromatic heterocycles. The molecule has 0 fully saturated rings. The number of rotatable bonds is 4. The van der Waals surface area contributed by atoms with Crippen LogP contribution in [0.2, 0.25) is 0 Å². The number of hydrogen-bond acceptors (Lipinski definition) is 2. The third-order valence-electron chi connectivity index (χ3n) is 2.68. The molecule has 1 unspecified atom stereocenters. The van der Waals surface area contributed by atoms with Gasteiger partial charge >= 0.3 is 0 Å². The minimum absolute atomic E-state index is 0.0480. The third kappa shape index (κ3) is 3.51. The fourth-order valence-electron chi connectivity index (χ4n) is 1.73. The van der Waals surface area contributed by atoms with Gasteiger partial charge in [-0.05, 0) is 31.2 Å². The highest BCUT2D eigenvalue weighted by Crippen LogP contribution is 2.15. The van der Waals surface area contributed by atoms with Crippen LogP contribution in [-0.4, -0.2) is 11.7 Å². The quantitative estimate of drug-likeness (QED) is 0.664. The molecule has 0 bridgehead atoms. The second-order valence-corrected chi connectivity index (χ2v) is 6.08. The van der Waals surface area contributed by atoms with Crippen molar-refractivity contribution in [2.45, 2.75) is 11.8 Å². The number of nitrogens with one attached hydrogen (secondary N) is 1. The zero-order chi connectivity index (χ0) is 13.7. The van der Waals surface area contributed by atoms with Crippen LogP contribution < -0.4 is 10.5 Å². The molecule has 0 aliphatic carbocycles. The van der Waals surface area contributed by atoms with Crippen molar-refractivity contribution < 1.29 is 4.79 Å². The van der Waals surface area contributed by atoms with E-state index in [0.29, 0.717) is 5.56 Å². The summed E-state index contributed by atoms with van der Waals surface area (Å²) in [6, 6.07) is 16.9.